The molecular weight excluding hydrogens is 763 g/mol. The zero-order valence-electron chi connectivity index (χ0n) is 41.4. The zero-order valence-corrected chi connectivity index (χ0v) is 41.4. The lowest BCUT2D eigenvalue weighted by Crippen LogP contribution is -2.59. The summed E-state index contributed by atoms with van der Waals surface area (Å²) in [5.74, 6) is 0.744. The van der Waals surface area contributed by atoms with E-state index in [1.807, 2.05) is 18.5 Å². The Morgan fingerprint density at radius 2 is 0.794 bits per heavy atom. The molecule has 0 bridgehead atoms. The van der Waals surface area contributed by atoms with Gasteiger partial charge in [-0.15, -0.1) is 0 Å². The van der Waals surface area contributed by atoms with Gasteiger partial charge in [-0.1, -0.05) is 161 Å². The van der Waals surface area contributed by atoms with Crippen molar-refractivity contribution in [3.63, 3.8) is 0 Å². The minimum atomic E-state index is -0.0966. The number of hydrogen-bond acceptors (Lipinski definition) is 2. The van der Waals surface area contributed by atoms with Crippen molar-refractivity contribution in [2.75, 3.05) is 0 Å². The van der Waals surface area contributed by atoms with Crippen molar-refractivity contribution in [2.24, 2.45) is 0 Å². The monoisotopic (exact) mass is 831 g/mol. The second kappa shape index (κ2) is 12.8. The van der Waals surface area contributed by atoms with Crippen LogP contribution < -0.4 is 16.4 Å². The van der Waals surface area contributed by atoms with Gasteiger partial charge >= 0.3 is 0 Å². The van der Waals surface area contributed by atoms with Crippen molar-refractivity contribution < 1.29 is 0 Å². The van der Waals surface area contributed by atoms with Crippen molar-refractivity contribution in [2.45, 2.75) is 157 Å². The summed E-state index contributed by atoms with van der Waals surface area (Å²) in [4.78, 5) is 9.89. The number of rotatable bonds is 1. The molecule has 0 aliphatic carbocycles. The van der Waals surface area contributed by atoms with Crippen LogP contribution in [0.2, 0.25) is 0 Å². The van der Waals surface area contributed by atoms with Crippen LogP contribution in [-0.2, 0) is 32.5 Å². The molecule has 322 valence electrons. The van der Waals surface area contributed by atoms with Crippen LogP contribution in [0, 0.1) is 0 Å². The molecule has 5 heteroatoms. The van der Waals surface area contributed by atoms with Gasteiger partial charge in [0.05, 0.1) is 11.0 Å². The Morgan fingerprint density at radius 1 is 0.413 bits per heavy atom. The molecule has 8 aromatic rings. The summed E-state index contributed by atoms with van der Waals surface area (Å²) in [6.07, 6.45) is 3.77. The van der Waals surface area contributed by atoms with Crippen LogP contribution in [0.5, 0.6) is 0 Å². The fourth-order valence-corrected chi connectivity index (χ4v) is 11.2. The fraction of sp³-hybridized carbons (Fsp3) is 0.414. The standard InChI is InChI=1S/C58H67BN4/c1-53(2,3)33-28-37(57(13,14)15)45-41(30-33)62-43-26-32(52-60-24-19-25-61-52)27-44-49(43)59(39-22-20-35(55(7,8)9)47(45)50(39)62)40-23-21-36(56(10,11)12)48-46-38(58(16,17)18)29-34(54(4,5)6)31-42(46)63(44)51(40)48/h19-31H,1-18H3. The first-order chi connectivity index (χ1) is 29.1. The molecule has 0 amide bonds. The van der Waals surface area contributed by atoms with Gasteiger partial charge in [0.2, 0.25) is 0 Å². The smallest absolute Gasteiger partial charge is 0.252 e. The Bertz CT molecular complexity index is 3060. The summed E-state index contributed by atoms with van der Waals surface area (Å²) in [5.41, 5.74) is 20.7. The van der Waals surface area contributed by atoms with E-state index in [9.17, 15) is 0 Å². The second-order valence-corrected chi connectivity index (χ2v) is 25.3. The van der Waals surface area contributed by atoms with E-state index in [1.165, 1.54) is 105 Å². The van der Waals surface area contributed by atoms with Gasteiger partial charge in [-0.2, -0.15) is 0 Å². The summed E-state index contributed by atoms with van der Waals surface area (Å²) in [5, 5.41) is 5.56. The maximum Gasteiger partial charge on any atom is 0.252 e. The predicted octanol–water partition coefficient (Wildman–Crippen LogP) is 13.3. The Balaban J connectivity index is 1.52. The average molecular weight is 831 g/mol. The van der Waals surface area contributed by atoms with Gasteiger partial charge in [0.25, 0.3) is 6.71 Å². The van der Waals surface area contributed by atoms with Crippen LogP contribution in [-0.4, -0.2) is 25.8 Å². The van der Waals surface area contributed by atoms with Crippen LogP contribution in [0.25, 0.3) is 66.4 Å². The van der Waals surface area contributed by atoms with E-state index in [2.05, 4.69) is 194 Å². The van der Waals surface area contributed by atoms with Crippen molar-refractivity contribution >= 4 is 66.7 Å². The van der Waals surface area contributed by atoms with Crippen LogP contribution in [0.15, 0.2) is 79.1 Å². The summed E-state index contributed by atoms with van der Waals surface area (Å²) in [7, 11) is 0. The Hall–Kier alpha value is -5.16. The molecule has 0 fully saturated rings. The average Bonchev–Trinajstić information content (AvgIpc) is 3.70. The highest BCUT2D eigenvalue weighted by atomic mass is 15.0. The Morgan fingerprint density at radius 3 is 1.14 bits per heavy atom. The van der Waals surface area contributed by atoms with E-state index >= 15 is 0 Å². The predicted molar refractivity (Wildman–Crippen MR) is 273 cm³/mol. The maximum atomic E-state index is 4.95. The van der Waals surface area contributed by atoms with Crippen LogP contribution >= 0.6 is 0 Å². The van der Waals surface area contributed by atoms with E-state index < -0.39 is 0 Å². The molecule has 0 spiro atoms. The number of nitrogens with zero attached hydrogens (tertiary/aromatic N) is 4. The lowest BCUT2D eigenvalue weighted by Gasteiger charge is -2.35. The molecule has 10 rings (SSSR count). The van der Waals surface area contributed by atoms with Crippen LogP contribution in [0.1, 0.15) is 158 Å². The summed E-state index contributed by atoms with van der Waals surface area (Å²) in [6.45, 7) is 42.9. The molecule has 5 aromatic carbocycles. The zero-order chi connectivity index (χ0) is 45.5. The van der Waals surface area contributed by atoms with E-state index in [-0.39, 0.29) is 39.2 Å². The molecule has 5 heterocycles. The quantitative estimate of drug-likeness (QED) is 0.155. The SMILES string of the molecule is CC(C)(C)c1cc(C(C)(C)C)c2c3c(C(C)(C)C)ccc4c3n(c2c1)-c1cc(-c2ncccn2)cc2c1B4c1ccc(C(C)(C)C)c3c4c(C(C)(C)C)cc(C(C)(C)C)cc4n-2c13. The molecule has 0 atom stereocenters. The number of hydrogen-bond donors (Lipinski definition) is 0. The van der Waals surface area contributed by atoms with Gasteiger partial charge in [0.15, 0.2) is 5.82 Å². The van der Waals surface area contributed by atoms with Crippen LogP contribution in [0.3, 0.4) is 0 Å². The highest BCUT2D eigenvalue weighted by molar-refractivity contribution is 7.00. The highest BCUT2D eigenvalue weighted by Gasteiger charge is 2.44. The van der Waals surface area contributed by atoms with Crippen LogP contribution in [0.4, 0.5) is 0 Å². The Labute approximate surface area is 376 Å². The third kappa shape index (κ3) is 6.00. The highest BCUT2D eigenvalue weighted by Crippen LogP contribution is 2.49. The molecule has 2 aliphatic heterocycles. The molecule has 3 aromatic heterocycles. The van der Waals surface area contributed by atoms with Gasteiger partial charge in [0.1, 0.15) is 0 Å². The van der Waals surface area contributed by atoms with Gasteiger partial charge in [0, 0.05) is 61.9 Å². The first kappa shape index (κ1) is 41.8. The van der Waals surface area contributed by atoms with E-state index in [0.29, 0.717) is 0 Å². The molecule has 4 nitrogen and oxygen atoms in total. The summed E-state index contributed by atoms with van der Waals surface area (Å²) in [6, 6.07) is 26.9. The minimum absolute atomic E-state index is 0.0164. The number of fused-ring (bicyclic) bond motifs is 10. The summed E-state index contributed by atoms with van der Waals surface area (Å²) >= 11 is 0. The molecule has 0 unspecified atom stereocenters. The molecule has 0 N–H and O–H groups in total. The molecular formula is C58H67BN4. The third-order valence-electron chi connectivity index (χ3n) is 14.4. The topological polar surface area (TPSA) is 35.6 Å². The van der Waals surface area contributed by atoms with Crippen molar-refractivity contribution in [3.8, 4) is 22.8 Å². The van der Waals surface area contributed by atoms with Gasteiger partial charge in [-0.05, 0) is 113 Å². The van der Waals surface area contributed by atoms with E-state index in [4.69, 9.17) is 9.97 Å². The minimum Gasteiger partial charge on any atom is -0.310 e. The molecule has 0 saturated carbocycles. The fourth-order valence-electron chi connectivity index (χ4n) is 11.2. The second-order valence-electron chi connectivity index (χ2n) is 25.3. The molecule has 2 aliphatic rings. The number of benzene rings is 5. The summed E-state index contributed by atoms with van der Waals surface area (Å²) < 4.78 is 5.36. The van der Waals surface area contributed by atoms with Gasteiger partial charge < -0.3 is 9.13 Å². The van der Waals surface area contributed by atoms with E-state index in [0.717, 1.165) is 11.4 Å². The lowest BCUT2D eigenvalue weighted by molar-refractivity contribution is 0.572. The lowest BCUT2D eigenvalue weighted by atomic mass is 9.34. The largest absolute Gasteiger partial charge is 0.310 e. The van der Waals surface area contributed by atoms with Gasteiger partial charge in [-0.3, -0.25) is 0 Å². The first-order valence-corrected chi connectivity index (χ1v) is 23.4. The molecule has 0 saturated heterocycles. The van der Waals surface area contributed by atoms with Crippen molar-refractivity contribution in [1.82, 2.24) is 19.1 Å². The Kier molecular flexibility index (Phi) is 8.48. The van der Waals surface area contributed by atoms with Gasteiger partial charge in [-0.25, -0.2) is 9.97 Å². The van der Waals surface area contributed by atoms with Crippen molar-refractivity contribution in [3.05, 3.63) is 113 Å². The van der Waals surface area contributed by atoms with Crippen molar-refractivity contribution in [1.29, 1.82) is 0 Å². The number of aromatic nitrogens is 4. The molecule has 63 heavy (non-hydrogen) atoms. The van der Waals surface area contributed by atoms with E-state index in [1.54, 1.807) is 0 Å². The first-order valence-electron chi connectivity index (χ1n) is 23.4. The maximum absolute atomic E-state index is 4.95. The normalized spacial score (nSPS) is 14.5. The third-order valence-corrected chi connectivity index (χ3v) is 14.4. The molecule has 0 radical (unpaired) electrons.